The second-order valence-corrected chi connectivity index (χ2v) is 5.10. The maximum atomic E-state index is 5.65. The van der Waals surface area contributed by atoms with Gasteiger partial charge >= 0.3 is 0 Å². The molecule has 0 aromatic rings. The summed E-state index contributed by atoms with van der Waals surface area (Å²) in [6.07, 6.45) is 2.30. The standard InChI is InChI=1S/C6H15N.C4H11N/c1-4-5-6(2,3)7;1-4(2,3)5/h4-5,7H2,1-3H3;5H2,1-3H3. The lowest BCUT2D eigenvalue weighted by molar-refractivity contribution is 0.470. The Hall–Kier alpha value is -0.0800. The second-order valence-electron chi connectivity index (χ2n) is 5.10. The Morgan fingerprint density at radius 2 is 1.17 bits per heavy atom. The average molecular weight is 174 g/mol. The van der Waals surface area contributed by atoms with Gasteiger partial charge in [0, 0.05) is 11.1 Å². The molecule has 2 nitrogen and oxygen atoms in total. The van der Waals surface area contributed by atoms with Gasteiger partial charge in [-0.3, -0.25) is 0 Å². The molecule has 0 heterocycles. The minimum Gasteiger partial charge on any atom is -0.326 e. The van der Waals surface area contributed by atoms with Gasteiger partial charge in [0.05, 0.1) is 0 Å². The van der Waals surface area contributed by atoms with Crippen LogP contribution in [-0.4, -0.2) is 11.1 Å². The lowest BCUT2D eigenvalue weighted by Crippen LogP contribution is -2.31. The number of nitrogens with two attached hydrogens (primary N) is 2. The van der Waals surface area contributed by atoms with Gasteiger partial charge in [-0.2, -0.15) is 0 Å². The highest BCUT2D eigenvalue weighted by atomic mass is 14.7. The van der Waals surface area contributed by atoms with Gasteiger partial charge in [-0.1, -0.05) is 13.3 Å². The Labute approximate surface area is 77.7 Å². The minimum atomic E-state index is 0. The summed E-state index contributed by atoms with van der Waals surface area (Å²) in [7, 11) is 0. The first kappa shape index (κ1) is 14.4. The maximum absolute atomic E-state index is 5.65. The van der Waals surface area contributed by atoms with E-state index in [1.807, 2.05) is 20.8 Å². The Morgan fingerprint density at radius 3 is 1.17 bits per heavy atom. The molecule has 0 aliphatic rings. The first-order chi connectivity index (χ1) is 5.06. The molecule has 12 heavy (non-hydrogen) atoms. The molecule has 0 atom stereocenters. The van der Waals surface area contributed by atoms with E-state index >= 15 is 0 Å². The van der Waals surface area contributed by atoms with E-state index in [0.29, 0.717) is 0 Å². The molecule has 0 radical (unpaired) electrons. The summed E-state index contributed by atoms with van der Waals surface area (Å²) in [6, 6.07) is 0. The summed E-state index contributed by atoms with van der Waals surface area (Å²) in [5, 5.41) is 0. The molecule has 0 aromatic carbocycles. The van der Waals surface area contributed by atoms with Crippen LogP contribution in [0.1, 0.15) is 54.4 Å². The molecular weight excluding hydrogens is 148 g/mol. The molecule has 2 heteroatoms. The molecule has 0 bridgehead atoms. The van der Waals surface area contributed by atoms with Gasteiger partial charge in [-0.25, -0.2) is 0 Å². The largest absolute Gasteiger partial charge is 0.326 e. The van der Waals surface area contributed by atoms with Crippen molar-refractivity contribution in [2.75, 3.05) is 0 Å². The van der Waals surface area contributed by atoms with Gasteiger partial charge in [0.1, 0.15) is 0 Å². The third kappa shape index (κ3) is 51.4. The van der Waals surface area contributed by atoms with Crippen LogP contribution < -0.4 is 11.5 Å². The predicted molar refractivity (Wildman–Crippen MR) is 57.1 cm³/mol. The molecule has 0 saturated carbocycles. The van der Waals surface area contributed by atoms with Crippen LogP contribution in [0.3, 0.4) is 0 Å². The summed E-state index contributed by atoms with van der Waals surface area (Å²) < 4.78 is 0. The molecule has 0 saturated heterocycles. The van der Waals surface area contributed by atoms with Crippen LogP contribution in [0.4, 0.5) is 0 Å². The minimum absolute atomic E-state index is 0. The van der Waals surface area contributed by atoms with Gasteiger partial charge in [0.15, 0.2) is 0 Å². The molecule has 0 unspecified atom stereocenters. The van der Waals surface area contributed by atoms with Gasteiger partial charge in [0.2, 0.25) is 0 Å². The van der Waals surface area contributed by atoms with Gasteiger partial charge in [-0.15, -0.1) is 0 Å². The van der Waals surface area contributed by atoms with Crippen molar-refractivity contribution in [3.8, 4) is 0 Å². The van der Waals surface area contributed by atoms with Crippen LogP contribution in [0, 0.1) is 0 Å². The van der Waals surface area contributed by atoms with Crippen LogP contribution in [0.25, 0.3) is 0 Å². The summed E-state index contributed by atoms with van der Waals surface area (Å²) in [4.78, 5) is 0. The van der Waals surface area contributed by atoms with Gasteiger partial charge in [0.25, 0.3) is 0 Å². The monoisotopic (exact) mass is 174 g/mol. The Balaban J connectivity index is 0. The summed E-state index contributed by atoms with van der Waals surface area (Å²) in [6.45, 7) is 12.1. The SMILES string of the molecule is CC(C)(C)N.CCCC(C)(C)N. The van der Waals surface area contributed by atoms with E-state index in [9.17, 15) is 0 Å². The van der Waals surface area contributed by atoms with Crippen LogP contribution in [0.5, 0.6) is 0 Å². The van der Waals surface area contributed by atoms with Crippen molar-refractivity contribution >= 4 is 0 Å². The Bertz CT molecular complexity index is 89.4. The second kappa shape index (κ2) is 5.55. The Kier molecular flexibility index (Phi) is 6.68. The molecule has 0 aliphatic carbocycles. The zero-order valence-electron chi connectivity index (χ0n) is 9.57. The first-order valence-electron chi connectivity index (χ1n) is 4.64. The third-order valence-corrected chi connectivity index (χ3v) is 0.894. The van der Waals surface area contributed by atoms with E-state index in [1.165, 1.54) is 6.42 Å². The zero-order chi connectivity index (χ0) is 10.4. The van der Waals surface area contributed by atoms with E-state index in [-0.39, 0.29) is 11.1 Å². The summed E-state index contributed by atoms with van der Waals surface area (Å²) in [5.41, 5.74) is 11.1. The van der Waals surface area contributed by atoms with E-state index in [4.69, 9.17) is 11.5 Å². The lowest BCUT2D eigenvalue weighted by Gasteiger charge is -2.15. The van der Waals surface area contributed by atoms with Crippen LogP contribution in [-0.2, 0) is 0 Å². The zero-order valence-corrected chi connectivity index (χ0v) is 9.57. The fraction of sp³-hybridized carbons (Fsp3) is 1.00. The topological polar surface area (TPSA) is 52.0 Å². The molecule has 0 aliphatic heterocycles. The Morgan fingerprint density at radius 1 is 0.917 bits per heavy atom. The first-order valence-corrected chi connectivity index (χ1v) is 4.64. The van der Waals surface area contributed by atoms with Crippen LogP contribution >= 0.6 is 0 Å². The molecular formula is C10H26N2. The highest BCUT2D eigenvalue weighted by Crippen LogP contribution is 2.04. The van der Waals surface area contributed by atoms with E-state index < -0.39 is 0 Å². The van der Waals surface area contributed by atoms with Crippen LogP contribution in [0.15, 0.2) is 0 Å². The smallest absolute Gasteiger partial charge is 0.00969 e. The van der Waals surface area contributed by atoms with Crippen molar-refractivity contribution in [2.24, 2.45) is 11.5 Å². The third-order valence-electron chi connectivity index (χ3n) is 0.894. The van der Waals surface area contributed by atoms with E-state index in [1.54, 1.807) is 0 Å². The number of hydrogen-bond donors (Lipinski definition) is 2. The fourth-order valence-electron chi connectivity index (χ4n) is 0.644. The molecule has 0 aromatic heterocycles. The molecule has 0 rings (SSSR count). The molecule has 0 spiro atoms. The van der Waals surface area contributed by atoms with Crippen molar-refractivity contribution in [1.29, 1.82) is 0 Å². The molecule has 4 N–H and O–H groups in total. The molecule has 0 fully saturated rings. The quantitative estimate of drug-likeness (QED) is 0.674. The van der Waals surface area contributed by atoms with Crippen molar-refractivity contribution in [3.63, 3.8) is 0 Å². The van der Waals surface area contributed by atoms with E-state index in [0.717, 1.165) is 6.42 Å². The summed E-state index contributed by atoms with van der Waals surface area (Å²) in [5.74, 6) is 0. The van der Waals surface area contributed by atoms with Crippen molar-refractivity contribution in [1.82, 2.24) is 0 Å². The van der Waals surface area contributed by atoms with Crippen molar-refractivity contribution in [3.05, 3.63) is 0 Å². The van der Waals surface area contributed by atoms with Crippen molar-refractivity contribution < 1.29 is 0 Å². The number of hydrogen-bond acceptors (Lipinski definition) is 2. The van der Waals surface area contributed by atoms with E-state index in [2.05, 4.69) is 20.8 Å². The van der Waals surface area contributed by atoms with Crippen molar-refractivity contribution in [2.45, 2.75) is 65.5 Å². The fourth-order valence-corrected chi connectivity index (χ4v) is 0.644. The highest BCUT2D eigenvalue weighted by molar-refractivity contribution is 4.69. The lowest BCUT2D eigenvalue weighted by atomic mass is 10.0. The predicted octanol–water partition coefficient (Wildman–Crippen LogP) is 2.27. The number of rotatable bonds is 2. The van der Waals surface area contributed by atoms with Gasteiger partial charge in [-0.05, 0) is 41.0 Å². The molecule has 0 amide bonds. The van der Waals surface area contributed by atoms with Crippen LogP contribution in [0.2, 0.25) is 0 Å². The average Bonchev–Trinajstić information content (AvgIpc) is 1.54. The van der Waals surface area contributed by atoms with Gasteiger partial charge < -0.3 is 11.5 Å². The normalized spacial score (nSPS) is 12.0. The molecule has 76 valence electrons. The maximum Gasteiger partial charge on any atom is 0.00969 e. The summed E-state index contributed by atoms with van der Waals surface area (Å²) >= 11 is 0. The highest BCUT2D eigenvalue weighted by Gasteiger charge is 2.06.